The van der Waals surface area contributed by atoms with Crippen LogP contribution in [-0.4, -0.2) is 57.4 Å². The van der Waals surface area contributed by atoms with Gasteiger partial charge in [0.2, 0.25) is 0 Å². The third-order valence-electron chi connectivity index (χ3n) is 6.14. The maximum atomic E-state index is 13.6. The molecular formula is C26H26N4O3S2. The molecule has 2 aliphatic heterocycles. The number of amides is 1. The number of aromatic nitrogens is 2. The first-order valence-corrected chi connectivity index (χ1v) is 12.9. The van der Waals surface area contributed by atoms with E-state index in [1.54, 1.807) is 21.6 Å². The van der Waals surface area contributed by atoms with E-state index in [2.05, 4.69) is 17.0 Å². The highest BCUT2D eigenvalue weighted by molar-refractivity contribution is 8.26. The number of morpholine rings is 1. The van der Waals surface area contributed by atoms with Crippen molar-refractivity contribution in [2.24, 2.45) is 0 Å². The van der Waals surface area contributed by atoms with Crippen molar-refractivity contribution in [2.75, 3.05) is 37.7 Å². The molecule has 5 rings (SSSR count). The highest BCUT2D eigenvalue weighted by Gasteiger charge is 2.32. The van der Waals surface area contributed by atoms with Crippen LogP contribution in [0.4, 0.5) is 5.82 Å². The van der Waals surface area contributed by atoms with Crippen LogP contribution < -0.4 is 10.5 Å². The Balaban J connectivity index is 1.46. The van der Waals surface area contributed by atoms with Gasteiger partial charge in [-0.05, 0) is 43.0 Å². The van der Waals surface area contributed by atoms with E-state index < -0.39 is 0 Å². The number of pyridine rings is 1. The van der Waals surface area contributed by atoms with Crippen LogP contribution in [0, 0.1) is 6.92 Å². The number of rotatable bonds is 6. The van der Waals surface area contributed by atoms with Crippen LogP contribution in [0.5, 0.6) is 0 Å². The summed E-state index contributed by atoms with van der Waals surface area (Å²) in [6, 6.07) is 14.0. The van der Waals surface area contributed by atoms with Crippen LogP contribution in [0.25, 0.3) is 11.7 Å². The van der Waals surface area contributed by atoms with E-state index in [0.29, 0.717) is 59.1 Å². The van der Waals surface area contributed by atoms with Crippen molar-refractivity contribution >= 4 is 51.7 Å². The lowest BCUT2D eigenvalue weighted by atomic mass is 10.1. The Morgan fingerprint density at radius 2 is 1.89 bits per heavy atom. The number of thioether (sulfide) groups is 1. The van der Waals surface area contributed by atoms with Crippen molar-refractivity contribution in [3.63, 3.8) is 0 Å². The van der Waals surface area contributed by atoms with Gasteiger partial charge in [-0.1, -0.05) is 60.4 Å². The molecular weight excluding hydrogens is 480 g/mol. The second-order valence-electron chi connectivity index (χ2n) is 8.61. The molecule has 0 aliphatic carbocycles. The van der Waals surface area contributed by atoms with E-state index >= 15 is 0 Å². The van der Waals surface area contributed by atoms with Crippen molar-refractivity contribution in [3.8, 4) is 0 Å². The van der Waals surface area contributed by atoms with Gasteiger partial charge in [0.25, 0.3) is 11.5 Å². The summed E-state index contributed by atoms with van der Waals surface area (Å²) in [5.41, 5.74) is 2.97. The van der Waals surface area contributed by atoms with E-state index in [0.717, 1.165) is 18.4 Å². The molecule has 7 nitrogen and oxygen atoms in total. The number of hydrogen-bond donors (Lipinski definition) is 0. The summed E-state index contributed by atoms with van der Waals surface area (Å²) >= 11 is 6.77. The molecule has 2 fully saturated rings. The second-order valence-corrected chi connectivity index (χ2v) is 10.3. The zero-order valence-corrected chi connectivity index (χ0v) is 21.1. The van der Waals surface area contributed by atoms with Gasteiger partial charge in [-0.2, -0.15) is 0 Å². The number of aryl methyl sites for hydroxylation is 2. The van der Waals surface area contributed by atoms with Crippen molar-refractivity contribution in [1.29, 1.82) is 0 Å². The van der Waals surface area contributed by atoms with E-state index in [4.69, 9.17) is 21.9 Å². The number of hydrogen-bond acceptors (Lipinski definition) is 7. The molecule has 180 valence electrons. The van der Waals surface area contributed by atoms with E-state index in [-0.39, 0.29) is 11.5 Å². The topological polar surface area (TPSA) is 67.2 Å². The summed E-state index contributed by atoms with van der Waals surface area (Å²) in [5, 5.41) is 0. The average Bonchev–Trinajstić information content (AvgIpc) is 3.14. The molecule has 2 saturated heterocycles. The van der Waals surface area contributed by atoms with E-state index in [1.165, 1.54) is 17.3 Å². The molecule has 1 amide bonds. The Morgan fingerprint density at radius 1 is 1.11 bits per heavy atom. The Kier molecular flexibility index (Phi) is 6.99. The monoisotopic (exact) mass is 506 g/mol. The molecule has 0 N–H and O–H groups in total. The predicted octanol–water partition coefficient (Wildman–Crippen LogP) is 3.67. The number of fused-ring (bicyclic) bond motifs is 1. The smallest absolute Gasteiger partial charge is 0.267 e. The first kappa shape index (κ1) is 23.7. The maximum absolute atomic E-state index is 13.6. The molecule has 0 unspecified atom stereocenters. The van der Waals surface area contributed by atoms with Crippen molar-refractivity contribution in [3.05, 3.63) is 80.6 Å². The summed E-state index contributed by atoms with van der Waals surface area (Å²) in [6.07, 6.45) is 5.13. The van der Waals surface area contributed by atoms with Crippen molar-refractivity contribution < 1.29 is 9.53 Å². The SMILES string of the molecule is Cc1ccc2nc(N3CCOCC3)c(C=C3SC(=S)N(CCCc4ccccc4)C3=O)c(=O)n2c1. The lowest BCUT2D eigenvalue weighted by Crippen LogP contribution is -2.38. The second kappa shape index (κ2) is 10.3. The fraction of sp³-hybridized carbons (Fsp3) is 0.308. The minimum atomic E-state index is -0.200. The summed E-state index contributed by atoms with van der Waals surface area (Å²) < 4.78 is 7.56. The van der Waals surface area contributed by atoms with Crippen LogP contribution >= 0.6 is 24.0 Å². The third-order valence-corrected chi connectivity index (χ3v) is 7.51. The van der Waals surface area contributed by atoms with Crippen LogP contribution in [-0.2, 0) is 16.0 Å². The molecule has 2 aromatic heterocycles. The maximum Gasteiger partial charge on any atom is 0.267 e. The van der Waals surface area contributed by atoms with Gasteiger partial charge in [0.05, 0.1) is 23.7 Å². The van der Waals surface area contributed by atoms with Crippen LogP contribution in [0.1, 0.15) is 23.1 Å². The van der Waals surface area contributed by atoms with Crippen molar-refractivity contribution in [2.45, 2.75) is 19.8 Å². The summed E-state index contributed by atoms with van der Waals surface area (Å²) in [7, 11) is 0. The Bertz CT molecular complexity index is 1360. The largest absolute Gasteiger partial charge is 0.378 e. The Morgan fingerprint density at radius 3 is 2.66 bits per heavy atom. The summed E-state index contributed by atoms with van der Waals surface area (Å²) in [4.78, 5) is 35.8. The quantitative estimate of drug-likeness (QED) is 0.373. The van der Waals surface area contributed by atoms with Gasteiger partial charge < -0.3 is 9.64 Å². The molecule has 0 saturated carbocycles. The Labute approximate surface area is 213 Å². The minimum Gasteiger partial charge on any atom is -0.378 e. The number of ether oxygens (including phenoxy) is 1. The molecule has 0 atom stereocenters. The number of thiocarbonyl (C=S) groups is 1. The number of anilines is 1. The molecule has 4 heterocycles. The van der Waals surface area contributed by atoms with Gasteiger partial charge in [0.1, 0.15) is 15.8 Å². The van der Waals surface area contributed by atoms with E-state index in [1.807, 2.05) is 37.3 Å². The molecule has 0 spiro atoms. The lowest BCUT2D eigenvalue weighted by molar-refractivity contribution is -0.122. The zero-order chi connectivity index (χ0) is 24.4. The van der Waals surface area contributed by atoms with Gasteiger partial charge >= 0.3 is 0 Å². The third kappa shape index (κ3) is 5.03. The van der Waals surface area contributed by atoms with Crippen LogP contribution in [0.15, 0.2) is 58.4 Å². The molecule has 9 heteroatoms. The normalized spacial score (nSPS) is 17.7. The number of nitrogens with zero attached hydrogens (tertiary/aromatic N) is 4. The van der Waals surface area contributed by atoms with Gasteiger partial charge in [0.15, 0.2) is 0 Å². The molecule has 3 aromatic rings. The highest BCUT2D eigenvalue weighted by Crippen LogP contribution is 2.33. The molecule has 0 radical (unpaired) electrons. The number of benzene rings is 1. The van der Waals surface area contributed by atoms with Crippen molar-refractivity contribution in [1.82, 2.24) is 14.3 Å². The average molecular weight is 507 g/mol. The predicted molar refractivity (Wildman–Crippen MR) is 144 cm³/mol. The molecule has 1 aromatic carbocycles. The summed E-state index contributed by atoms with van der Waals surface area (Å²) in [5.74, 6) is 0.422. The van der Waals surface area contributed by atoms with Crippen LogP contribution in [0.3, 0.4) is 0 Å². The van der Waals surface area contributed by atoms with E-state index in [9.17, 15) is 9.59 Å². The number of carbonyl (C=O) groups excluding carboxylic acids is 1. The molecule has 2 aliphatic rings. The first-order chi connectivity index (χ1) is 17.0. The summed E-state index contributed by atoms with van der Waals surface area (Å²) in [6.45, 7) is 4.88. The fourth-order valence-corrected chi connectivity index (χ4v) is 5.59. The zero-order valence-electron chi connectivity index (χ0n) is 19.5. The first-order valence-electron chi connectivity index (χ1n) is 11.7. The molecule has 0 bridgehead atoms. The fourth-order valence-electron chi connectivity index (χ4n) is 4.30. The minimum absolute atomic E-state index is 0.158. The van der Waals surface area contributed by atoms with Gasteiger partial charge in [0, 0.05) is 25.8 Å². The van der Waals surface area contributed by atoms with Gasteiger partial charge in [-0.15, -0.1) is 0 Å². The standard InChI is InChI=1S/C26H26N4O3S2/c1-18-9-10-22-27-23(28-12-14-33-15-13-28)20(24(31)30(22)17-18)16-21-25(32)29(26(34)35-21)11-5-8-19-6-3-2-4-7-19/h2-4,6-7,9-10,16-17H,5,8,11-15H2,1H3. The Hall–Kier alpha value is -3.01. The van der Waals surface area contributed by atoms with Crippen LogP contribution in [0.2, 0.25) is 0 Å². The lowest BCUT2D eigenvalue weighted by Gasteiger charge is -2.29. The van der Waals surface area contributed by atoms with Gasteiger partial charge in [-0.3, -0.25) is 18.9 Å². The number of carbonyl (C=O) groups is 1. The molecule has 35 heavy (non-hydrogen) atoms. The highest BCUT2D eigenvalue weighted by atomic mass is 32.2. The van der Waals surface area contributed by atoms with Gasteiger partial charge in [-0.25, -0.2) is 4.98 Å².